The van der Waals surface area contributed by atoms with Crippen LogP contribution >= 0.6 is 11.3 Å². The minimum atomic E-state index is -4.00. The van der Waals surface area contributed by atoms with Gasteiger partial charge in [-0.2, -0.15) is 13.1 Å². The Hall–Kier alpha value is -1.92. The van der Waals surface area contributed by atoms with Gasteiger partial charge in [0.25, 0.3) is 5.91 Å². The van der Waals surface area contributed by atoms with E-state index in [4.69, 9.17) is 4.18 Å². The van der Waals surface area contributed by atoms with Gasteiger partial charge in [-0.3, -0.25) is 10.1 Å². The van der Waals surface area contributed by atoms with E-state index in [1.165, 1.54) is 23.5 Å². The van der Waals surface area contributed by atoms with Crippen molar-refractivity contribution in [3.63, 3.8) is 0 Å². The van der Waals surface area contributed by atoms with Crippen molar-refractivity contribution in [1.82, 2.24) is 14.6 Å². The fourth-order valence-corrected chi connectivity index (χ4v) is 5.09. The molecule has 0 radical (unpaired) electrons. The number of amides is 1. The highest BCUT2D eigenvalue weighted by Gasteiger charge is 2.26. The molecule has 0 bridgehead atoms. The predicted octanol–water partition coefficient (Wildman–Crippen LogP) is 2.10. The van der Waals surface area contributed by atoms with Gasteiger partial charge in [0.1, 0.15) is 12.4 Å². The van der Waals surface area contributed by atoms with Gasteiger partial charge in [0, 0.05) is 23.9 Å². The van der Waals surface area contributed by atoms with E-state index in [9.17, 15) is 17.6 Å². The normalized spacial score (nSPS) is 16.5. The highest BCUT2D eigenvalue weighted by molar-refractivity contribution is 7.84. The zero-order chi connectivity index (χ0) is 21.7. The molecule has 1 aromatic heterocycles. The van der Waals surface area contributed by atoms with Crippen LogP contribution < -0.4 is 10.0 Å². The lowest BCUT2D eigenvalue weighted by atomic mass is 9.86. The van der Waals surface area contributed by atoms with Crippen molar-refractivity contribution in [2.75, 3.05) is 39.1 Å². The monoisotopic (exact) mass is 456 g/mol. The van der Waals surface area contributed by atoms with Gasteiger partial charge in [0.15, 0.2) is 5.13 Å². The van der Waals surface area contributed by atoms with Crippen LogP contribution in [0.5, 0.6) is 0 Å². The van der Waals surface area contributed by atoms with Crippen LogP contribution in [0.3, 0.4) is 0 Å². The summed E-state index contributed by atoms with van der Waals surface area (Å²) in [6, 6.07) is 6.43. The number of anilines is 1. The maximum Gasteiger partial charge on any atom is 0.336 e. The number of rotatable bonds is 9. The second-order valence-electron chi connectivity index (χ2n) is 7.29. The van der Waals surface area contributed by atoms with Crippen molar-refractivity contribution in [2.45, 2.75) is 25.2 Å². The minimum Gasteiger partial charge on any atom is -0.308 e. The third kappa shape index (κ3) is 6.29. The SMILES string of the molecule is CN(C)CCNS(=O)(=O)OCC(=O)Nc1nc2c(s1)C(c1ccc(F)cc1)CCC2. The van der Waals surface area contributed by atoms with E-state index in [0.717, 1.165) is 35.4 Å². The van der Waals surface area contributed by atoms with Gasteiger partial charge in [-0.1, -0.05) is 12.1 Å². The van der Waals surface area contributed by atoms with Gasteiger partial charge in [-0.05, 0) is 51.1 Å². The molecule has 0 saturated carbocycles. The Morgan fingerprint density at radius 2 is 2.07 bits per heavy atom. The topological polar surface area (TPSA) is 101 Å². The standard InChI is InChI=1S/C19H25FN4O4S2/c1-24(2)11-10-21-30(26,27)28-12-17(25)23-19-22-16-5-3-4-15(18(16)29-19)13-6-8-14(20)9-7-13/h6-9,15,21H,3-5,10-12H2,1-2H3,(H,22,23,25). The number of hydrogen-bond donors (Lipinski definition) is 2. The van der Waals surface area contributed by atoms with Crippen LogP contribution in [0.4, 0.5) is 9.52 Å². The number of thiazole rings is 1. The highest BCUT2D eigenvalue weighted by Crippen LogP contribution is 2.41. The fourth-order valence-electron chi connectivity index (χ4n) is 3.21. The first-order valence-electron chi connectivity index (χ1n) is 9.57. The molecular formula is C19H25FN4O4S2. The minimum absolute atomic E-state index is 0.107. The molecule has 2 aromatic rings. The highest BCUT2D eigenvalue weighted by atomic mass is 32.2. The average Bonchev–Trinajstić information content (AvgIpc) is 3.09. The number of aryl methyl sites for hydroxylation is 1. The van der Waals surface area contributed by atoms with Crippen molar-refractivity contribution in [2.24, 2.45) is 0 Å². The zero-order valence-electron chi connectivity index (χ0n) is 16.9. The number of benzene rings is 1. The summed E-state index contributed by atoms with van der Waals surface area (Å²) in [6.45, 7) is 0.0541. The van der Waals surface area contributed by atoms with E-state index >= 15 is 0 Å². The van der Waals surface area contributed by atoms with Crippen molar-refractivity contribution in [3.05, 3.63) is 46.2 Å². The van der Waals surface area contributed by atoms with Crippen molar-refractivity contribution < 1.29 is 21.8 Å². The third-order valence-electron chi connectivity index (χ3n) is 4.65. The van der Waals surface area contributed by atoms with Gasteiger partial charge in [0.05, 0.1) is 5.69 Å². The molecule has 0 saturated heterocycles. The number of aromatic nitrogens is 1. The van der Waals surface area contributed by atoms with Crippen molar-refractivity contribution >= 4 is 32.7 Å². The molecular weight excluding hydrogens is 431 g/mol. The van der Waals surface area contributed by atoms with Crippen LogP contribution in [0.15, 0.2) is 24.3 Å². The molecule has 30 heavy (non-hydrogen) atoms. The third-order valence-corrected chi connectivity index (χ3v) is 6.76. The summed E-state index contributed by atoms with van der Waals surface area (Å²) in [7, 11) is -0.368. The number of carbonyl (C=O) groups is 1. The predicted molar refractivity (Wildman–Crippen MR) is 113 cm³/mol. The molecule has 3 rings (SSSR count). The molecule has 1 aliphatic carbocycles. The number of hydrogen-bond acceptors (Lipinski definition) is 7. The summed E-state index contributed by atoms with van der Waals surface area (Å²) >= 11 is 1.36. The van der Waals surface area contributed by atoms with Crippen LogP contribution in [0.25, 0.3) is 0 Å². The summed E-state index contributed by atoms with van der Waals surface area (Å²) in [5, 5.41) is 3.01. The molecule has 164 valence electrons. The molecule has 0 aliphatic heterocycles. The molecule has 0 fully saturated rings. The Balaban J connectivity index is 1.59. The van der Waals surface area contributed by atoms with Crippen LogP contribution in [0.2, 0.25) is 0 Å². The van der Waals surface area contributed by atoms with E-state index in [0.29, 0.717) is 11.7 Å². The Morgan fingerprint density at radius 3 is 2.77 bits per heavy atom. The number of carbonyl (C=O) groups excluding carboxylic acids is 1. The van der Waals surface area contributed by atoms with Gasteiger partial charge in [0.2, 0.25) is 0 Å². The number of halogens is 1. The molecule has 0 spiro atoms. The summed E-state index contributed by atoms with van der Waals surface area (Å²) in [5.74, 6) is -0.773. The summed E-state index contributed by atoms with van der Waals surface area (Å²) < 4.78 is 43.8. The molecule has 1 atom stereocenters. The van der Waals surface area contributed by atoms with Crippen LogP contribution in [0.1, 0.15) is 34.9 Å². The Morgan fingerprint density at radius 1 is 1.33 bits per heavy atom. The fraction of sp³-hybridized carbons (Fsp3) is 0.474. The number of likely N-dealkylation sites (N-methyl/N-ethyl adjacent to an activating group) is 1. The lowest BCUT2D eigenvalue weighted by molar-refractivity contribution is -0.118. The second kappa shape index (κ2) is 9.92. The molecule has 11 heteroatoms. The molecule has 8 nitrogen and oxygen atoms in total. The van der Waals surface area contributed by atoms with E-state index in [2.05, 4.69) is 15.0 Å². The Kier molecular flexibility index (Phi) is 7.53. The second-order valence-corrected chi connectivity index (χ2v) is 9.75. The maximum absolute atomic E-state index is 13.2. The molecule has 1 unspecified atom stereocenters. The van der Waals surface area contributed by atoms with Crippen LogP contribution in [-0.2, 0) is 25.7 Å². The van der Waals surface area contributed by atoms with Crippen molar-refractivity contribution in [1.29, 1.82) is 0 Å². The summed E-state index contributed by atoms with van der Waals surface area (Å²) in [6.07, 6.45) is 2.68. The van der Waals surface area contributed by atoms with E-state index in [1.807, 2.05) is 19.0 Å². The summed E-state index contributed by atoms with van der Waals surface area (Å²) in [4.78, 5) is 19.5. The van der Waals surface area contributed by atoms with Gasteiger partial charge < -0.3 is 4.90 Å². The Labute approximate surface area is 179 Å². The van der Waals surface area contributed by atoms with Crippen LogP contribution in [-0.4, -0.2) is 58.0 Å². The van der Waals surface area contributed by atoms with Gasteiger partial charge in [-0.25, -0.2) is 13.6 Å². The quantitative estimate of drug-likeness (QED) is 0.599. The molecule has 1 aliphatic rings. The summed E-state index contributed by atoms with van der Waals surface area (Å²) in [5.41, 5.74) is 1.92. The lowest BCUT2D eigenvalue weighted by Crippen LogP contribution is -2.34. The first-order chi connectivity index (χ1) is 14.2. The number of nitrogens with one attached hydrogen (secondary N) is 2. The lowest BCUT2D eigenvalue weighted by Gasteiger charge is -2.21. The molecule has 1 aromatic carbocycles. The van der Waals surface area contributed by atoms with E-state index in [1.54, 1.807) is 12.1 Å². The average molecular weight is 457 g/mol. The van der Waals surface area contributed by atoms with Crippen LogP contribution in [0, 0.1) is 5.82 Å². The zero-order valence-corrected chi connectivity index (χ0v) is 18.5. The molecule has 2 N–H and O–H groups in total. The largest absolute Gasteiger partial charge is 0.336 e. The Bertz CT molecular complexity index is 977. The smallest absolute Gasteiger partial charge is 0.308 e. The van der Waals surface area contributed by atoms with Gasteiger partial charge >= 0.3 is 10.3 Å². The number of nitrogens with zero attached hydrogens (tertiary/aromatic N) is 2. The van der Waals surface area contributed by atoms with Gasteiger partial charge in [-0.15, -0.1) is 11.3 Å². The first kappa shape index (κ1) is 22.8. The molecule has 1 amide bonds. The maximum atomic E-state index is 13.2. The van der Waals surface area contributed by atoms with Crippen molar-refractivity contribution in [3.8, 4) is 0 Å². The molecule has 1 heterocycles. The number of fused-ring (bicyclic) bond motifs is 1. The van der Waals surface area contributed by atoms with E-state index < -0.39 is 22.8 Å². The van der Waals surface area contributed by atoms with E-state index in [-0.39, 0.29) is 18.3 Å². The first-order valence-corrected chi connectivity index (χ1v) is 11.8.